The highest BCUT2D eigenvalue weighted by Gasteiger charge is 2.25. The molecular weight excluding hydrogens is 288 g/mol. The van der Waals surface area contributed by atoms with Gasteiger partial charge >= 0.3 is 6.09 Å². The van der Waals surface area contributed by atoms with E-state index in [1.165, 1.54) is 12.1 Å². The van der Waals surface area contributed by atoms with E-state index in [9.17, 15) is 9.18 Å². The number of carbonyl (C=O) groups excluding carboxylic acids is 1. The van der Waals surface area contributed by atoms with Gasteiger partial charge in [0.25, 0.3) is 0 Å². The number of halogens is 3. The number of carbonyl (C=O) groups is 1. The summed E-state index contributed by atoms with van der Waals surface area (Å²) in [5.41, 5.74) is 0.817. The van der Waals surface area contributed by atoms with Crippen LogP contribution >= 0.6 is 28.3 Å². The maximum Gasteiger partial charge on any atom is 0.407 e. The van der Waals surface area contributed by atoms with Crippen molar-refractivity contribution in [1.29, 1.82) is 0 Å². The lowest BCUT2D eigenvalue weighted by molar-refractivity contribution is 0.177. The highest BCUT2D eigenvalue weighted by molar-refractivity contribution is 9.10. The smallest absolute Gasteiger partial charge is 0.407 e. The van der Waals surface area contributed by atoms with Crippen molar-refractivity contribution >= 4 is 34.4 Å². The van der Waals surface area contributed by atoms with E-state index in [1.807, 2.05) is 0 Å². The largest absolute Gasteiger partial charge is 0.447 e. The molecule has 1 aliphatic heterocycles. The average molecular weight is 297 g/mol. The van der Waals surface area contributed by atoms with Gasteiger partial charge in [0.1, 0.15) is 12.4 Å². The topological polar surface area (TPSA) is 38.3 Å². The Labute approximate surface area is 101 Å². The van der Waals surface area contributed by atoms with Crippen LogP contribution in [0.25, 0.3) is 0 Å². The third kappa shape index (κ3) is 2.60. The van der Waals surface area contributed by atoms with E-state index in [0.29, 0.717) is 4.47 Å². The summed E-state index contributed by atoms with van der Waals surface area (Å²) >= 11 is 3.23. The second-order valence-electron chi connectivity index (χ2n) is 2.96. The first-order chi connectivity index (χ1) is 6.66. The highest BCUT2D eigenvalue weighted by Crippen LogP contribution is 2.26. The van der Waals surface area contributed by atoms with Crippen LogP contribution < -0.4 is 5.32 Å². The lowest BCUT2D eigenvalue weighted by Crippen LogP contribution is -2.18. The second kappa shape index (κ2) is 4.81. The van der Waals surface area contributed by atoms with Crippen LogP contribution in [-0.2, 0) is 4.74 Å². The van der Waals surface area contributed by atoms with Gasteiger partial charge in [-0.15, -0.1) is 12.4 Å². The van der Waals surface area contributed by atoms with E-state index in [1.54, 1.807) is 6.07 Å². The van der Waals surface area contributed by atoms with Crippen LogP contribution in [0, 0.1) is 5.82 Å². The van der Waals surface area contributed by atoms with Gasteiger partial charge in [0.15, 0.2) is 0 Å². The summed E-state index contributed by atoms with van der Waals surface area (Å²) in [5, 5.41) is 2.62. The molecule has 1 N–H and O–H groups in total. The summed E-state index contributed by atoms with van der Waals surface area (Å²) in [4.78, 5) is 10.8. The molecule has 0 aliphatic carbocycles. The van der Waals surface area contributed by atoms with Crippen LogP contribution in [0.15, 0.2) is 22.7 Å². The van der Waals surface area contributed by atoms with Crippen LogP contribution in [0.5, 0.6) is 0 Å². The molecule has 6 heteroatoms. The molecule has 1 aliphatic rings. The molecule has 0 saturated carbocycles. The summed E-state index contributed by atoms with van der Waals surface area (Å²) < 4.78 is 18.1. The number of alkyl carbamates (subject to hydrolysis) is 1. The van der Waals surface area contributed by atoms with Crippen LogP contribution in [0.3, 0.4) is 0 Å². The van der Waals surface area contributed by atoms with E-state index in [2.05, 4.69) is 21.2 Å². The SMILES string of the molecule is Cl.O=C1N[C@@H](c2ccc(F)cc2Br)CO1. The molecular formula is C9H8BrClFNO2. The zero-order chi connectivity index (χ0) is 10.1. The average Bonchev–Trinajstić information content (AvgIpc) is 2.51. The van der Waals surface area contributed by atoms with Gasteiger partial charge in [0, 0.05) is 4.47 Å². The molecule has 0 unspecified atom stereocenters. The molecule has 1 atom stereocenters. The Morgan fingerprint density at radius 3 is 2.80 bits per heavy atom. The number of amides is 1. The van der Waals surface area contributed by atoms with E-state index in [0.717, 1.165) is 5.56 Å². The highest BCUT2D eigenvalue weighted by atomic mass is 79.9. The Bertz CT molecular complexity index is 388. The van der Waals surface area contributed by atoms with Crippen molar-refractivity contribution in [3.63, 3.8) is 0 Å². The standard InChI is InChI=1S/C9H7BrFNO2.ClH/c10-7-3-5(11)1-2-6(7)8-4-14-9(13)12-8;/h1-3,8H,4H2,(H,12,13);1H/t8-;/m1./s1. The van der Waals surface area contributed by atoms with E-state index < -0.39 is 6.09 Å². The molecule has 1 saturated heterocycles. The van der Waals surface area contributed by atoms with Gasteiger partial charge in [-0.25, -0.2) is 9.18 Å². The van der Waals surface area contributed by atoms with Crippen molar-refractivity contribution in [2.24, 2.45) is 0 Å². The maximum atomic E-state index is 12.8. The minimum atomic E-state index is -0.439. The molecule has 1 aromatic carbocycles. The lowest BCUT2D eigenvalue weighted by atomic mass is 10.1. The summed E-state index contributed by atoms with van der Waals surface area (Å²) in [6.45, 7) is 0.281. The van der Waals surface area contributed by atoms with Crippen molar-refractivity contribution in [3.8, 4) is 0 Å². The van der Waals surface area contributed by atoms with Crippen molar-refractivity contribution in [3.05, 3.63) is 34.1 Å². The first kappa shape index (κ1) is 12.3. The fourth-order valence-electron chi connectivity index (χ4n) is 1.34. The van der Waals surface area contributed by atoms with Gasteiger partial charge in [-0.2, -0.15) is 0 Å². The van der Waals surface area contributed by atoms with E-state index in [4.69, 9.17) is 4.74 Å². The third-order valence-electron chi connectivity index (χ3n) is 2.01. The normalized spacial score (nSPS) is 19.1. The monoisotopic (exact) mass is 295 g/mol. The molecule has 0 aromatic heterocycles. The number of rotatable bonds is 1. The van der Waals surface area contributed by atoms with Crippen LogP contribution in [0.4, 0.5) is 9.18 Å². The molecule has 82 valence electrons. The van der Waals surface area contributed by atoms with E-state index in [-0.39, 0.29) is 30.9 Å². The Morgan fingerprint density at radius 1 is 1.53 bits per heavy atom. The fraction of sp³-hybridized carbons (Fsp3) is 0.222. The van der Waals surface area contributed by atoms with Crippen molar-refractivity contribution < 1.29 is 13.9 Å². The Kier molecular flexibility index (Phi) is 3.93. The number of benzene rings is 1. The number of hydrogen-bond acceptors (Lipinski definition) is 2. The first-order valence-electron chi connectivity index (χ1n) is 4.05. The molecule has 1 amide bonds. The summed E-state index contributed by atoms with van der Waals surface area (Å²) in [7, 11) is 0. The quantitative estimate of drug-likeness (QED) is 0.865. The van der Waals surface area contributed by atoms with Crippen molar-refractivity contribution in [1.82, 2.24) is 5.32 Å². The minimum Gasteiger partial charge on any atom is -0.447 e. The van der Waals surface area contributed by atoms with Gasteiger partial charge in [0.2, 0.25) is 0 Å². The molecule has 2 rings (SSSR count). The second-order valence-corrected chi connectivity index (χ2v) is 3.82. The van der Waals surface area contributed by atoms with Crippen molar-refractivity contribution in [2.75, 3.05) is 6.61 Å². The van der Waals surface area contributed by atoms with Gasteiger partial charge < -0.3 is 10.1 Å². The molecule has 3 nitrogen and oxygen atoms in total. The first-order valence-corrected chi connectivity index (χ1v) is 4.84. The zero-order valence-corrected chi connectivity index (χ0v) is 9.90. The summed E-state index contributed by atoms with van der Waals surface area (Å²) in [5.74, 6) is -0.314. The predicted octanol–water partition coefficient (Wildman–Crippen LogP) is 2.79. The fourth-order valence-corrected chi connectivity index (χ4v) is 1.96. The van der Waals surface area contributed by atoms with Gasteiger partial charge in [-0.05, 0) is 17.7 Å². The van der Waals surface area contributed by atoms with Crippen molar-refractivity contribution in [2.45, 2.75) is 6.04 Å². The molecule has 1 fully saturated rings. The number of ether oxygens (including phenoxy) is 1. The van der Waals surface area contributed by atoms with Crippen LogP contribution in [0.1, 0.15) is 11.6 Å². The molecule has 15 heavy (non-hydrogen) atoms. The van der Waals surface area contributed by atoms with Crippen LogP contribution in [0.2, 0.25) is 0 Å². The molecule has 0 bridgehead atoms. The summed E-state index contributed by atoms with van der Waals surface area (Å²) in [6, 6.07) is 4.14. The van der Waals surface area contributed by atoms with Gasteiger partial charge in [-0.3, -0.25) is 0 Å². The third-order valence-corrected chi connectivity index (χ3v) is 2.70. The molecule has 0 spiro atoms. The summed E-state index contributed by atoms with van der Waals surface area (Å²) in [6.07, 6.45) is -0.439. The predicted molar refractivity (Wildman–Crippen MR) is 58.6 cm³/mol. The van der Waals surface area contributed by atoms with Crippen LogP contribution in [-0.4, -0.2) is 12.7 Å². The number of cyclic esters (lactones) is 1. The molecule has 1 heterocycles. The lowest BCUT2D eigenvalue weighted by Gasteiger charge is -2.09. The van der Waals surface area contributed by atoms with Gasteiger partial charge in [0.05, 0.1) is 6.04 Å². The Morgan fingerprint density at radius 2 is 2.27 bits per heavy atom. The molecule has 1 aromatic rings. The number of nitrogens with one attached hydrogen (secondary N) is 1. The van der Waals surface area contributed by atoms with E-state index >= 15 is 0 Å². The maximum absolute atomic E-state index is 12.8. The Hall–Kier alpha value is -0.810. The Balaban J connectivity index is 0.00000112. The van der Waals surface area contributed by atoms with Gasteiger partial charge in [-0.1, -0.05) is 22.0 Å². The number of hydrogen-bond donors (Lipinski definition) is 1. The minimum absolute atomic E-state index is 0. The molecule has 0 radical (unpaired) electrons. The zero-order valence-electron chi connectivity index (χ0n) is 7.50.